The van der Waals surface area contributed by atoms with Crippen molar-refractivity contribution in [2.75, 3.05) is 17.7 Å². The Kier molecular flexibility index (Phi) is 8.00. The van der Waals surface area contributed by atoms with Gasteiger partial charge in [-0.05, 0) is 36.9 Å². The molecule has 32 heavy (non-hydrogen) atoms. The summed E-state index contributed by atoms with van der Waals surface area (Å²) in [6.45, 7) is 4.09. The molecule has 0 saturated carbocycles. The fourth-order valence-electron chi connectivity index (χ4n) is 3.50. The topological polar surface area (TPSA) is 84.9 Å². The minimum absolute atomic E-state index is 0.00979. The van der Waals surface area contributed by atoms with Crippen LogP contribution in [0.3, 0.4) is 0 Å². The number of anilines is 1. The second-order valence-electron chi connectivity index (χ2n) is 7.68. The number of carbonyl (C=O) groups excluding carboxylic acids is 2. The highest BCUT2D eigenvalue weighted by Gasteiger charge is 2.26. The number of carbonyl (C=O) groups is 2. The standard InChI is InChI=1S/C25H27NO5S/c1-16-7-9-18(10-8-16)26-25(29)31-24(17(2)13-14-30-23(28)15-32)21-11-12-22(27)20-6-4-3-5-19(20)21/h3-12,17,24,27,32H,13-15H2,1-2H3,(H,26,29)/t17-,24-/m0/s1. The molecular weight excluding hydrogens is 426 g/mol. The van der Waals surface area contributed by atoms with E-state index in [-0.39, 0.29) is 24.0 Å². The van der Waals surface area contributed by atoms with Crippen molar-refractivity contribution in [2.45, 2.75) is 26.4 Å². The van der Waals surface area contributed by atoms with Crippen molar-refractivity contribution in [1.29, 1.82) is 0 Å². The van der Waals surface area contributed by atoms with E-state index >= 15 is 0 Å². The Bertz CT molecular complexity index is 1080. The first kappa shape index (κ1) is 23.5. The molecule has 0 radical (unpaired) electrons. The average molecular weight is 454 g/mol. The molecule has 0 aliphatic carbocycles. The number of hydrogen-bond acceptors (Lipinski definition) is 6. The van der Waals surface area contributed by atoms with Gasteiger partial charge in [0.2, 0.25) is 0 Å². The molecule has 3 aromatic rings. The zero-order chi connectivity index (χ0) is 23.1. The van der Waals surface area contributed by atoms with Crippen LogP contribution in [0.25, 0.3) is 10.8 Å². The van der Waals surface area contributed by atoms with Crippen LogP contribution in [-0.2, 0) is 14.3 Å². The molecule has 0 aromatic heterocycles. The lowest BCUT2D eigenvalue weighted by atomic mass is 9.90. The number of nitrogens with one attached hydrogen (secondary N) is 1. The minimum Gasteiger partial charge on any atom is -0.507 e. The normalized spacial score (nSPS) is 12.7. The summed E-state index contributed by atoms with van der Waals surface area (Å²) in [6.07, 6.45) is -0.729. The van der Waals surface area contributed by atoms with E-state index in [1.54, 1.807) is 12.1 Å². The largest absolute Gasteiger partial charge is 0.507 e. The number of ether oxygens (including phenoxy) is 2. The molecule has 168 valence electrons. The lowest BCUT2D eigenvalue weighted by Crippen LogP contribution is -2.23. The smallest absolute Gasteiger partial charge is 0.412 e. The van der Waals surface area contributed by atoms with Crippen molar-refractivity contribution >= 4 is 41.2 Å². The number of benzene rings is 3. The van der Waals surface area contributed by atoms with Gasteiger partial charge in [-0.1, -0.05) is 55.0 Å². The number of rotatable bonds is 8. The third-order valence-electron chi connectivity index (χ3n) is 5.26. The van der Waals surface area contributed by atoms with Gasteiger partial charge in [0.15, 0.2) is 0 Å². The van der Waals surface area contributed by atoms with Gasteiger partial charge in [-0.25, -0.2) is 4.79 Å². The first-order valence-corrected chi connectivity index (χ1v) is 11.0. The third-order valence-corrected chi connectivity index (χ3v) is 5.51. The van der Waals surface area contributed by atoms with Crippen LogP contribution in [0, 0.1) is 12.8 Å². The van der Waals surface area contributed by atoms with Gasteiger partial charge in [0, 0.05) is 22.6 Å². The molecule has 3 aromatic carbocycles. The minimum atomic E-state index is -0.624. The fraction of sp³-hybridized carbons (Fsp3) is 0.280. The second kappa shape index (κ2) is 10.9. The Morgan fingerprint density at radius 2 is 1.72 bits per heavy atom. The zero-order valence-electron chi connectivity index (χ0n) is 18.1. The van der Waals surface area contributed by atoms with E-state index in [9.17, 15) is 14.7 Å². The van der Waals surface area contributed by atoms with Crippen LogP contribution in [0.15, 0.2) is 60.7 Å². The average Bonchev–Trinajstić information content (AvgIpc) is 2.79. The summed E-state index contributed by atoms with van der Waals surface area (Å²) in [6, 6.07) is 18.2. The third kappa shape index (κ3) is 5.95. The number of phenols is 1. The van der Waals surface area contributed by atoms with Gasteiger partial charge in [-0.2, -0.15) is 12.6 Å². The molecule has 0 saturated heterocycles. The van der Waals surface area contributed by atoms with E-state index in [1.807, 2.05) is 62.4 Å². The summed E-state index contributed by atoms with van der Waals surface area (Å²) in [5, 5.41) is 14.5. The van der Waals surface area contributed by atoms with Gasteiger partial charge in [-0.3, -0.25) is 10.1 Å². The molecule has 0 spiro atoms. The maximum absolute atomic E-state index is 12.7. The number of aryl methyl sites for hydroxylation is 1. The number of fused-ring (bicyclic) bond motifs is 1. The van der Waals surface area contributed by atoms with Gasteiger partial charge in [0.05, 0.1) is 12.4 Å². The molecule has 6 nitrogen and oxygen atoms in total. The quantitative estimate of drug-likeness (QED) is 0.303. The Balaban J connectivity index is 1.86. The predicted octanol–water partition coefficient (Wildman–Crippen LogP) is 5.64. The molecule has 0 aliphatic rings. The Morgan fingerprint density at radius 1 is 1.03 bits per heavy atom. The maximum atomic E-state index is 12.7. The number of phenolic OH excluding ortho intramolecular Hbond substituents is 1. The molecule has 7 heteroatoms. The Hall–Kier alpha value is -3.19. The van der Waals surface area contributed by atoms with E-state index in [1.165, 1.54) is 0 Å². The van der Waals surface area contributed by atoms with Crippen molar-refractivity contribution in [1.82, 2.24) is 0 Å². The molecule has 3 rings (SSSR count). The lowest BCUT2D eigenvalue weighted by molar-refractivity contribution is -0.141. The molecule has 0 unspecified atom stereocenters. The van der Waals surface area contributed by atoms with Crippen LogP contribution in [0.2, 0.25) is 0 Å². The van der Waals surface area contributed by atoms with E-state index in [2.05, 4.69) is 17.9 Å². The van der Waals surface area contributed by atoms with E-state index in [0.29, 0.717) is 17.5 Å². The lowest BCUT2D eigenvalue weighted by Gasteiger charge is -2.26. The van der Waals surface area contributed by atoms with Crippen LogP contribution < -0.4 is 5.32 Å². The second-order valence-corrected chi connectivity index (χ2v) is 8.00. The van der Waals surface area contributed by atoms with Crippen LogP contribution >= 0.6 is 12.6 Å². The molecule has 0 aliphatic heterocycles. The number of thiol groups is 1. The summed E-state index contributed by atoms with van der Waals surface area (Å²) < 4.78 is 11.0. The van der Waals surface area contributed by atoms with E-state index < -0.39 is 18.2 Å². The van der Waals surface area contributed by atoms with Gasteiger partial charge >= 0.3 is 12.1 Å². The van der Waals surface area contributed by atoms with Crippen LogP contribution in [-0.4, -0.2) is 29.5 Å². The first-order valence-electron chi connectivity index (χ1n) is 10.4. The molecule has 0 fully saturated rings. The van der Waals surface area contributed by atoms with Crippen molar-refractivity contribution in [3.05, 3.63) is 71.8 Å². The number of hydrogen-bond donors (Lipinski definition) is 3. The van der Waals surface area contributed by atoms with E-state index in [4.69, 9.17) is 9.47 Å². The summed E-state index contributed by atoms with van der Waals surface area (Å²) >= 11 is 3.91. The highest BCUT2D eigenvalue weighted by atomic mass is 32.1. The number of esters is 1. The summed E-state index contributed by atoms with van der Waals surface area (Å²) in [5.74, 6) is -0.400. The van der Waals surface area contributed by atoms with Gasteiger partial charge in [0.25, 0.3) is 0 Å². The zero-order valence-corrected chi connectivity index (χ0v) is 19.0. The molecule has 0 bridgehead atoms. The number of amides is 1. The van der Waals surface area contributed by atoms with Crippen molar-refractivity contribution in [3.63, 3.8) is 0 Å². The van der Waals surface area contributed by atoms with Crippen LogP contribution in [0.4, 0.5) is 10.5 Å². The van der Waals surface area contributed by atoms with Gasteiger partial charge < -0.3 is 14.6 Å². The molecule has 0 heterocycles. The van der Waals surface area contributed by atoms with Crippen molar-refractivity contribution < 1.29 is 24.2 Å². The highest BCUT2D eigenvalue weighted by Crippen LogP contribution is 2.37. The summed E-state index contributed by atoms with van der Waals surface area (Å²) in [5.41, 5.74) is 2.48. The monoisotopic (exact) mass is 453 g/mol. The van der Waals surface area contributed by atoms with Crippen molar-refractivity contribution in [3.8, 4) is 5.75 Å². The molecule has 2 atom stereocenters. The molecule has 2 N–H and O–H groups in total. The SMILES string of the molecule is Cc1ccc(NC(=O)O[C@H](c2ccc(O)c3ccccc23)[C@@H](C)CCOC(=O)CS)cc1. The number of aromatic hydroxyl groups is 1. The maximum Gasteiger partial charge on any atom is 0.412 e. The Morgan fingerprint density at radius 3 is 2.41 bits per heavy atom. The molecular formula is C25H27NO5S. The first-order chi connectivity index (χ1) is 15.4. The van der Waals surface area contributed by atoms with E-state index in [0.717, 1.165) is 16.5 Å². The van der Waals surface area contributed by atoms with Gasteiger partial charge in [0.1, 0.15) is 11.9 Å². The molecule has 1 amide bonds. The van der Waals surface area contributed by atoms with Crippen LogP contribution in [0.5, 0.6) is 5.75 Å². The predicted molar refractivity (Wildman–Crippen MR) is 128 cm³/mol. The van der Waals surface area contributed by atoms with Crippen LogP contribution in [0.1, 0.15) is 30.6 Å². The van der Waals surface area contributed by atoms with Gasteiger partial charge in [-0.15, -0.1) is 0 Å². The Labute approximate surface area is 193 Å². The summed E-state index contributed by atoms with van der Waals surface area (Å²) in [7, 11) is 0. The fourth-order valence-corrected chi connectivity index (χ4v) is 3.59. The highest BCUT2D eigenvalue weighted by molar-refractivity contribution is 7.81. The van der Waals surface area contributed by atoms with Crippen molar-refractivity contribution in [2.24, 2.45) is 5.92 Å². The summed E-state index contributed by atoms with van der Waals surface area (Å²) in [4.78, 5) is 24.2.